The number of carbonyl (C=O) groups is 1. The molecule has 1 fully saturated rings. The second-order valence-electron chi connectivity index (χ2n) is 6.58. The summed E-state index contributed by atoms with van der Waals surface area (Å²) in [6.07, 6.45) is -4.10. The molecule has 0 saturated carbocycles. The van der Waals surface area contributed by atoms with Crippen molar-refractivity contribution in [2.24, 2.45) is 0 Å². The van der Waals surface area contributed by atoms with Crippen LogP contribution in [0.3, 0.4) is 0 Å². The fourth-order valence-corrected chi connectivity index (χ4v) is 3.14. The molecule has 2 heterocycles. The lowest BCUT2D eigenvalue weighted by molar-refractivity contribution is -0.137. The van der Waals surface area contributed by atoms with Gasteiger partial charge in [-0.1, -0.05) is 0 Å². The number of amides is 1. The number of benzene rings is 1. The van der Waals surface area contributed by atoms with E-state index in [1.54, 1.807) is 0 Å². The summed E-state index contributed by atoms with van der Waals surface area (Å²) in [6, 6.07) is 1.19. The van der Waals surface area contributed by atoms with E-state index in [0.29, 0.717) is 32.5 Å². The van der Waals surface area contributed by atoms with Crippen LogP contribution < -0.4 is 20.1 Å². The van der Waals surface area contributed by atoms with Gasteiger partial charge in [-0.2, -0.15) is 18.2 Å². The van der Waals surface area contributed by atoms with Crippen molar-refractivity contribution in [2.45, 2.75) is 6.18 Å². The van der Waals surface area contributed by atoms with Gasteiger partial charge >= 0.3 is 6.18 Å². The molecule has 0 radical (unpaired) electrons. The molecule has 1 aromatic carbocycles. The van der Waals surface area contributed by atoms with Gasteiger partial charge in [0.15, 0.2) is 11.6 Å². The van der Waals surface area contributed by atoms with Gasteiger partial charge in [-0.15, -0.1) is 0 Å². The number of ether oxygens (including phenoxy) is 3. The van der Waals surface area contributed by atoms with Crippen LogP contribution in [-0.2, 0) is 10.9 Å². The average Bonchev–Trinajstić information content (AvgIpc) is 2.79. The first-order chi connectivity index (χ1) is 15.2. The molecule has 1 amide bonds. The molecule has 0 bridgehead atoms. The molecule has 32 heavy (non-hydrogen) atoms. The fraction of sp³-hybridized carbons (Fsp3) is 0.421. The van der Waals surface area contributed by atoms with E-state index in [-0.39, 0.29) is 28.7 Å². The molecular formula is C19H21F4N5O4. The first-order valence-electron chi connectivity index (χ1n) is 9.41. The first kappa shape index (κ1) is 23.3. The molecule has 1 aliphatic rings. The highest BCUT2D eigenvalue weighted by molar-refractivity contribution is 6.00. The number of alkyl halides is 3. The highest BCUT2D eigenvalue weighted by Gasteiger charge is 2.35. The van der Waals surface area contributed by atoms with Crippen LogP contribution >= 0.6 is 0 Å². The quantitative estimate of drug-likeness (QED) is 0.637. The summed E-state index contributed by atoms with van der Waals surface area (Å²) in [5.74, 6) is -2.65. The van der Waals surface area contributed by atoms with Crippen LogP contribution in [0.1, 0.15) is 15.9 Å². The molecule has 3 rings (SSSR count). The lowest BCUT2D eigenvalue weighted by Crippen LogP contribution is -2.41. The summed E-state index contributed by atoms with van der Waals surface area (Å²) in [6.45, 7) is 1.33. The van der Waals surface area contributed by atoms with Crippen molar-refractivity contribution in [3.05, 3.63) is 29.2 Å². The minimum Gasteiger partial charge on any atom is -0.496 e. The molecule has 9 nitrogen and oxygen atoms in total. The van der Waals surface area contributed by atoms with Crippen LogP contribution in [0.4, 0.5) is 35.0 Å². The minimum atomic E-state index is -4.67. The zero-order valence-corrected chi connectivity index (χ0v) is 17.5. The van der Waals surface area contributed by atoms with E-state index in [4.69, 9.17) is 14.2 Å². The molecular weight excluding hydrogens is 438 g/mol. The Kier molecular flexibility index (Phi) is 6.87. The Morgan fingerprint density at radius 3 is 2.47 bits per heavy atom. The standard InChI is InChI=1S/C19H21F4N5O4/c1-24-16-10(19(21,22)23)9-25-18(27-16)26-11-8-12(30-2)13(15(31-3)14(11)20)17(29)28-4-6-32-7-5-28/h8-9H,4-7H2,1-3H3,(H2,24,25,26,27). The third-order valence-corrected chi connectivity index (χ3v) is 4.70. The van der Waals surface area contributed by atoms with Crippen molar-refractivity contribution in [1.29, 1.82) is 0 Å². The third kappa shape index (κ3) is 4.61. The minimum absolute atomic E-state index is 0.00277. The van der Waals surface area contributed by atoms with Crippen molar-refractivity contribution in [2.75, 3.05) is 58.2 Å². The number of hydrogen-bond donors (Lipinski definition) is 2. The van der Waals surface area contributed by atoms with Crippen molar-refractivity contribution in [3.63, 3.8) is 0 Å². The Balaban J connectivity index is 2.01. The lowest BCUT2D eigenvalue weighted by Gasteiger charge is -2.28. The van der Waals surface area contributed by atoms with E-state index in [9.17, 15) is 18.0 Å². The molecule has 2 N–H and O–H groups in total. The van der Waals surface area contributed by atoms with Crippen LogP contribution in [0.2, 0.25) is 0 Å². The first-order valence-corrected chi connectivity index (χ1v) is 9.41. The Labute approximate surface area is 180 Å². The summed E-state index contributed by atoms with van der Waals surface area (Å²) in [4.78, 5) is 21.8. The Morgan fingerprint density at radius 2 is 1.91 bits per heavy atom. The lowest BCUT2D eigenvalue weighted by atomic mass is 10.1. The highest BCUT2D eigenvalue weighted by atomic mass is 19.4. The second kappa shape index (κ2) is 9.42. The van der Waals surface area contributed by atoms with Crippen molar-refractivity contribution >= 4 is 23.4 Å². The number of rotatable bonds is 6. The van der Waals surface area contributed by atoms with Crippen LogP contribution in [0, 0.1) is 5.82 Å². The highest BCUT2D eigenvalue weighted by Crippen LogP contribution is 2.39. The van der Waals surface area contributed by atoms with Gasteiger partial charge in [0.05, 0.1) is 33.1 Å². The van der Waals surface area contributed by atoms with Gasteiger partial charge < -0.3 is 29.7 Å². The Morgan fingerprint density at radius 1 is 1.22 bits per heavy atom. The molecule has 0 atom stereocenters. The number of aromatic nitrogens is 2. The molecule has 1 aromatic heterocycles. The predicted molar refractivity (Wildman–Crippen MR) is 106 cm³/mol. The summed E-state index contributed by atoms with van der Waals surface area (Å²) in [5.41, 5.74) is -1.45. The molecule has 0 aliphatic carbocycles. The topological polar surface area (TPSA) is 97.8 Å². The van der Waals surface area contributed by atoms with Gasteiger partial charge in [0.2, 0.25) is 5.95 Å². The molecule has 0 unspecified atom stereocenters. The monoisotopic (exact) mass is 459 g/mol. The average molecular weight is 459 g/mol. The molecule has 0 spiro atoms. The number of halogens is 4. The predicted octanol–water partition coefficient (Wildman–Crippen LogP) is 2.91. The number of carbonyl (C=O) groups excluding carboxylic acids is 1. The maximum Gasteiger partial charge on any atom is 0.421 e. The van der Waals surface area contributed by atoms with Gasteiger partial charge in [-0.05, 0) is 0 Å². The molecule has 1 saturated heterocycles. The van der Waals surface area contributed by atoms with Crippen LogP contribution in [0.15, 0.2) is 12.3 Å². The van der Waals surface area contributed by atoms with Gasteiger partial charge in [-0.3, -0.25) is 4.79 Å². The fourth-order valence-electron chi connectivity index (χ4n) is 3.14. The van der Waals surface area contributed by atoms with Gasteiger partial charge in [0.1, 0.15) is 22.7 Å². The summed E-state index contributed by atoms with van der Waals surface area (Å²) in [7, 11) is 3.74. The summed E-state index contributed by atoms with van der Waals surface area (Å²) in [5, 5.41) is 4.85. The molecule has 2 aromatic rings. The Hall–Kier alpha value is -3.35. The number of anilines is 3. The second-order valence-corrected chi connectivity index (χ2v) is 6.58. The molecule has 13 heteroatoms. The van der Waals surface area contributed by atoms with Crippen LogP contribution in [0.5, 0.6) is 11.5 Å². The number of methoxy groups -OCH3 is 2. The largest absolute Gasteiger partial charge is 0.496 e. The van der Waals surface area contributed by atoms with E-state index < -0.39 is 29.3 Å². The van der Waals surface area contributed by atoms with E-state index in [1.807, 2.05) is 0 Å². The normalized spacial score (nSPS) is 14.2. The van der Waals surface area contributed by atoms with Crippen LogP contribution in [0.25, 0.3) is 0 Å². The smallest absolute Gasteiger partial charge is 0.421 e. The summed E-state index contributed by atoms with van der Waals surface area (Å²) < 4.78 is 70.0. The van der Waals surface area contributed by atoms with E-state index >= 15 is 4.39 Å². The van der Waals surface area contributed by atoms with E-state index in [0.717, 1.165) is 0 Å². The zero-order chi connectivity index (χ0) is 23.5. The number of nitrogens with zero attached hydrogens (tertiary/aromatic N) is 3. The molecule has 174 valence electrons. The van der Waals surface area contributed by atoms with Crippen molar-refractivity contribution in [1.82, 2.24) is 14.9 Å². The maximum absolute atomic E-state index is 15.2. The summed E-state index contributed by atoms with van der Waals surface area (Å²) >= 11 is 0. The Bertz CT molecular complexity index is 997. The third-order valence-electron chi connectivity index (χ3n) is 4.70. The number of nitrogens with one attached hydrogen (secondary N) is 2. The molecule has 1 aliphatic heterocycles. The maximum atomic E-state index is 15.2. The SMILES string of the molecule is CNc1nc(Nc2cc(OC)c(C(=O)N3CCOCC3)c(OC)c2F)ncc1C(F)(F)F. The van der Waals surface area contributed by atoms with Gasteiger partial charge in [0, 0.05) is 32.4 Å². The van der Waals surface area contributed by atoms with E-state index in [2.05, 4.69) is 20.6 Å². The number of hydrogen-bond acceptors (Lipinski definition) is 8. The van der Waals surface area contributed by atoms with Crippen molar-refractivity contribution < 1.29 is 36.6 Å². The number of morpholine rings is 1. The van der Waals surface area contributed by atoms with Gasteiger partial charge in [0.25, 0.3) is 5.91 Å². The van der Waals surface area contributed by atoms with Gasteiger partial charge in [-0.25, -0.2) is 9.37 Å². The van der Waals surface area contributed by atoms with E-state index in [1.165, 1.54) is 32.2 Å². The zero-order valence-electron chi connectivity index (χ0n) is 17.5. The van der Waals surface area contributed by atoms with Crippen molar-refractivity contribution in [3.8, 4) is 11.5 Å². The van der Waals surface area contributed by atoms with Crippen LogP contribution in [-0.4, -0.2) is 68.3 Å².